The maximum atomic E-state index is 12.8. The number of imidazole rings is 1. The van der Waals surface area contributed by atoms with E-state index in [4.69, 9.17) is 0 Å². The van der Waals surface area contributed by atoms with Crippen molar-refractivity contribution in [3.05, 3.63) is 30.1 Å². The number of likely N-dealkylation sites (N-methyl/N-ethyl adjacent to an activating group) is 1. The molecule has 1 aromatic carbocycles. The molecule has 136 valence electrons. The van der Waals surface area contributed by atoms with Crippen LogP contribution >= 0.6 is 0 Å². The van der Waals surface area contributed by atoms with Gasteiger partial charge >= 0.3 is 6.03 Å². The van der Waals surface area contributed by atoms with Gasteiger partial charge in [-0.25, -0.2) is 9.78 Å². The monoisotopic (exact) mass is 343 g/mol. The summed E-state index contributed by atoms with van der Waals surface area (Å²) in [5.74, 6) is 1.08. The Morgan fingerprint density at radius 1 is 1.24 bits per heavy atom. The Balaban J connectivity index is 1.72. The van der Waals surface area contributed by atoms with E-state index >= 15 is 0 Å². The lowest BCUT2D eigenvalue weighted by atomic mass is 10.0. The summed E-state index contributed by atoms with van der Waals surface area (Å²) < 4.78 is 0. The number of fused-ring (bicyclic) bond motifs is 1. The van der Waals surface area contributed by atoms with Gasteiger partial charge in [0.05, 0.1) is 17.1 Å². The largest absolute Gasteiger partial charge is 0.340 e. The van der Waals surface area contributed by atoms with Crippen molar-refractivity contribution < 1.29 is 4.79 Å². The third kappa shape index (κ3) is 4.12. The third-order valence-electron chi connectivity index (χ3n) is 4.97. The molecule has 6 nitrogen and oxygen atoms in total. The highest BCUT2D eigenvalue weighted by molar-refractivity contribution is 5.76. The van der Waals surface area contributed by atoms with Crippen LogP contribution < -0.4 is 5.32 Å². The standard InChI is InChI=1S/C19H29N5O/c1-4-23-10-7-11-24(13-12-23)19(25)22-17(14(2)3)18-20-15-8-5-6-9-16(15)21-18/h5-6,8-9,14,17H,4,7,10-13H2,1-3H3,(H,20,21)(H,22,25). The molecule has 1 fully saturated rings. The Hall–Kier alpha value is -2.08. The molecule has 0 aliphatic carbocycles. The molecule has 2 N–H and O–H groups in total. The molecule has 1 aromatic heterocycles. The zero-order valence-electron chi connectivity index (χ0n) is 15.5. The van der Waals surface area contributed by atoms with Crippen molar-refractivity contribution in [3.63, 3.8) is 0 Å². The van der Waals surface area contributed by atoms with E-state index in [1.807, 2.05) is 29.2 Å². The first-order valence-corrected chi connectivity index (χ1v) is 9.31. The van der Waals surface area contributed by atoms with Crippen LogP contribution in [0.3, 0.4) is 0 Å². The quantitative estimate of drug-likeness (QED) is 0.897. The van der Waals surface area contributed by atoms with Crippen LogP contribution in [-0.2, 0) is 0 Å². The van der Waals surface area contributed by atoms with Gasteiger partial charge in [0.1, 0.15) is 5.82 Å². The number of aromatic nitrogens is 2. The Morgan fingerprint density at radius 3 is 2.76 bits per heavy atom. The topological polar surface area (TPSA) is 64.3 Å². The molecule has 1 atom stereocenters. The molecule has 2 heterocycles. The van der Waals surface area contributed by atoms with E-state index < -0.39 is 0 Å². The van der Waals surface area contributed by atoms with Crippen molar-refractivity contribution in [3.8, 4) is 0 Å². The van der Waals surface area contributed by atoms with Crippen LogP contribution in [0.2, 0.25) is 0 Å². The lowest BCUT2D eigenvalue weighted by molar-refractivity contribution is 0.190. The third-order valence-corrected chi connectivity index (χ3v) is 4.97. The molecule has 1 aliphatic heterocycles. The smallest absolute Gasteiger partial charge is 0.318 e. The normalized spacial score (nSPS) is 17.7. The maximum absolute atomic E-state index is 12.8. The van der Waals surface area contributed by atoms with Gasteiger partial charge in [0.25, 0.3) is 0 Å². The van der Waals surface area contributed by atoms with Crippen LogP contribution in [0.25, 0.3) is 11.0 Å². The second-order valence-electron chi connectivity index (χ2n) is 7.09. The second kappa shape index (κ2) is 7.87. The van der Waals surface area contributed by atoms with Crippen molar-refractivity contribution >= 4 is 17.1 Å². The van der Waals surface area contributed by atoms with Crippen molar-refractivity contribution in [1.82, 2.24) is 25.1 Å². The summed E-state index contributed by atoms with van der Waals surface area (Å²) >= 11 is 0. The maximum Gasteiger partial charge on any atom is 0.318 e. The number of hydrogen-bond acceptors (Lipinski definition) is 3. The molecule has 0 bridgehead atoms. The molecule has 0 radical (unpaired) electrons. The first-order valence-electron chi connectivity index (χ1n) is 9.31. The van der Waals surface area contributed by atoms with Crippen molar-refractivity contribution in [1.29, 1.82) is 0 Å². The van der Waals surface area contributed by atoms with Gasteiger partial charge in [-0.3, -0.25) is 0 Å². The summed E-state index contributed by atoms with van der Waals surface area (Å²) in [4.78, 5) is 25.2. The molecule has 6 heteroatoms. The average Bonchev–Trinajstić information content (AvgIpc) is 2.88. The van der Waals surface area contributed by atoms with E-state index in [2.05, 4.69) is 41.0 Å². The van der Waals surface area contributed by atoms with Crippen molar-refractivity contribution in [2.24, 2.45) is 5.92 Å². The Bertz CT molecular complexity index is 678. The first kappa shape index (κ1) is 17.7. The van der Waals surface area contributed by atoms with Gasteiger partial charge in [0.15, 0.2) is 0 Å². The zero-order chi connectivity index (χ0) is 17.8. The number of nitrogens with one attached hydrogen (secondary N) is 2. The van der Waals surface area contributed by atoms with Crippen LogP contribution in [0, 0.1) is 5.92 Å². The van der Waals surface area contributed by atoms with Gasteiger partial charge in [0.2, 0.25) is 0 Å². The lowest BCUT2D eigenvalue weighted by Crippen LogP contribution is -2.44. The zero-order valence-corrected chi connectivity index (χ0v) is 15.5. The highest BCUT2D eigenvalue weighted by atomic mass is 16.2. The summed E-state index contributed by atoms with van der Waals surface area (Å²) in [6.45, 7) is 11.0. The average molecular weight is 343 g/mol. The van der Waals surface area contributed by atoms with Gasteiger partial charge < -0.3 is 20.1 Å². The number of benzene rings is 1. The molecule has 1 saturated heterocycles. The number of rotatable bonds is 4. The van der Waals surface area contributed by atoms with Gasteiger partial charge in [-0.2, -0.15) is 0 Å². The fraction of sp³-hybridized carbons (Fsp3) is 0.579. The highest BCUT2D eigenvalue weighted by Gasteiger charge is 2.25. The number of carbonyl (C=O) groups is 1. The fourth-order valence-electron chi connectivity index (χ4n) is 3.39. The molecular weight excluding hydrogens is 314 g/mol. The molecule has 2 amide bonds. The van der Waals surface area contributed by atoms with Crippen LogP contribution in [0.4, 0.5) is 4.79 Å². The predicted molar refractivity (Wildman–Crippen MR) is 101 cm³/mol. The number of urea groups is 1. The van der Waals surface area contributed by atoms with Gasteiger partial charge in [-0.05, 0) is 37.6 Å². The van der Waals surface area contributed by atoms with Crippen molar-refractivity contribution in [2.45, 2.75) is 33.2 Å². The highest BCUT2D eigenvalue weighted by Crippen LogP contribution is 2.22. The number of para-hydroxylation sites is 2. The second-order valence-corrected chi connectivity index (χ2v) is 7.09. The fourth-order valence-corrected chi connectivity index (χ4v) is 3.39. The molecule has 1 aliphatic rings. The van der Waals surface area contributed by atoms with Gasteiger partial charge in [-0.15, -0.1) is 0 Å². The molecule has 0 saturated carbocycles. The molecule has 3 rings (SSSR count). The number of hydrogen-bond donors (Lipinski definition) is 2. The molecular formula is C19H29N5O. The lowest BCUT2D eigenvalue weighted by Gasteiger charge is -2.26. The van der Waals surface area contributed by atoms with Crippen molar-refractivity contribution in [2.75, 3.05) is 32.7 Å². The summed E-state index contributed by atoms with van der Waals surface area (Å²) in [6, 6.07) is 7.86. The molecule has 0 spiro atoms. The molecule has 25 heavy (non-hydrogen) atoms. The van der Waals surface area contributed by atoms with Crippen LogP contribution in [-0.4, -0.2) is 58.5 Å². The summed E-state index contributed by atoms with van der Waals surface area (Å²) in [5.41, 5.74) is 1.94. The minimum atomic E-state index is -0.120. The van der Waals surface area contributed by atoms with E-state index in [0.717, 1.165) is 56.0 Å². The van der Waals surface area contributed by atoms with Gasteiger partial charge in [-0.1, -0.05) is 32.9 Å². The number of nitrogens with zero attached hydrogens (tertiary/aromatic N) is 3. The SMILES string of the molecule is CCN1CCCN(C(=O)NC(c2nc3ccccc3[nH]2)C(C)C)CC1. The Kier molecular flexibility index (Phi) is 5.58. The number of carbonyl (C=O) groups excluding carboxylic acids is 1. The number of aromatic amines is 1. The summed E-state index contributed by atoms with van der Waals surface area (Å²) in [7, 11) is 0. The summed E-state index contributed by atoms with van der Waals surface area (Å²) in [5, 5.41) is 3.20. The molecule has 1 unspecified atom stereocenters. The van der Waals surface area contributed by atoms with E-state index in [-0.39, 0.29) is 18.0 Å². The van der Waals surface area contributed by atoms with E-state index in [0.29, 0.717) is 0 Å². The van der Waals surface area contributed by atoms with Gasteiger partial charge in [0, 0.05) is 19.6 Å². The Morgan fingerprint density at radius 2 is 2.04 bits per heavy atom. The first-order chi connectivity index (χ1) is 12.1. The predicted octanol–water partition coefficient (Wildman–Crippen LogP) is 3.00. The Labute approximate surface area is 149 Å². The van der Waals surface area contributed by atoms with E-state index in [1.54, 1.807) is 0 Å². The number of amides is 2. The van der Waals surface area contributed by atoms with Crippen LogP contribution in [0.1, 0.15) is 39.1 Å². The molecule has 2 aromatic rings. The van der Waals surface area contributed by atoms with Crippen LogP contribution in [0.5, 0.6) is 0 Å². The summed E-state index contributed by atoms with van der Waals surface area (Å²) in [6.07, 6.45) is 1.03. The minimum absolute atomic E-state index is 0.0112. The van der Waals surface area contributed by atoms with Crippen LogP contribution in [0.15, 0.2) is 24.3 Å². The van der Waals surface area contributed by atoms with E-state index in [1.165, 1.54) is 0 Å². The number of H-pyrrole nitrogens is 1. The minimum Gasteiger partial charge on any atom is -0.340 e. The van der Waals surface area contributed by atoms with E-state index in [9.17, 15) is 4.79 Å².